The van der Waals surface area contributed by atoms with Gasteiger partial charge in [-0.3, -0.25) is 4.72 Å². The van der Waals surface area contributed by atoms with Crippen LogP contribution in [0.1, 0.15) is 5.76 Å². The van der Waals surface area contributed by atoms with Gasteiger partial charge in [0.15, 0.2) is 5.76 Å². The number of halogens is 1. The Morgan fingerprint density at radius 2 is 1.85 bits per heavy atom. The Labute approximate surface area is 154 Å². The highest BCUT2D eigenvalue weighted by atomic mass is 35.5. The number of furan rings is 1. The number of hydrogen-bond donors (Lipinski definition) is 1. The molecule has 0 saturated carbocycles. The number of aryl methyl sites for hydroxylation is 1. The second kappa shape index (κ2) is 6.93. The summed E-state index contributed by atoms with van der Waals surface area (Å²) in [7, 11) is -1.11. The molecule has 26 heavy (non-hydrogen) atoms. The van der Waals surface area contributed by atoms with Gasteiger partial charge < -0.3 is 18.4 Å². The molecule has 0 unspecified atom stereocenters. The molecule has 0 radical (unpaired) electrons. The van der Waals surface area contributed by atoms with Crippen LogP contribution in [0.25, 0.3) is 11.5 Å². The zero-order chi connectivity index (χ0) is 18.9. The normalized spacial score (nSPS) is 11.4. The van der Waals surface area contributed by atoms with Crippen LogP contribution in [0.2, 0.25) is 5.02 Å². The van der Waals surface area contributed by atoms with E-state index in [-0.39, 0.29) is 32.9 Å². The summed E-state index contributed by atoms with van der Waals surface area (Å²) < 4.78 is 48.8. The predicted molar refractivity (Wildman–Crippen MR) is 94.3 cm³/mol. The van der Waals surface area contributed by atoms with Crippen molar-refractivity contribution in [2.24, 2.45) is 0 Å². The van der Waals surface area contributed by atoms with Gasteiger partial charge in [-0.25, -0.2) is 8.42 Å². The number of aromatic nitrogens is 1. The fourth-order valence-corrected chi connectivity index (χ4v) is 3.82. The molecule has 138 valence electrons. The molecule has 3 aromatic rings. The molecule has 0 aliphatic carbocycles. The SMILES string of the molecule is COc1cc(OC)c(NS(=O)(=O)c2cc(-c3ccno3)oc2C)cc1Cl. The molecule has 0 aliphatic heterocycles. The molecule has 0 spiro atoms. The maximum atomic E-state index is 12.8. The predicted octanol–water partition coefficient (Wildman–Crippen LogP) is 3.71. The number of nitrogens with one attached hydrogen (secondary N) is 1. The van der Waals surface area contributed by atoms with Crippen LogP contribution >= 0.6 is 11.6 Å². The van der Waals surface area contributed by atoms with Gasteiger partial charge in [-0.2, -0.15) is 0 Å². The highest BCUT2D eigenvalue weighted by Crippen LogP contribution is 2.37. The van der Waals surface area contributed by atoms with E-state index in [4.69, 9.17) is 30.0 Å². The molecule has 3 rings (SSSR count). The number of methoxy groups -OCH3 is 2. The average Bonchev–Trinajstić information content (AvgIpc) is 3.24. The molecule has 0 saturated heterocycles. The van der Waals surface area contributed by atoms with Crippen LogP contribution in [-0.2, 0) is 10.0 Å². The van der Waals surface area contributed by atoms with E-state index in [0.29, 0.717) is 11.5 Å². The van der Waals surface area contributed by atoms with Gasteiger partial charge in [-0.15, -0.1) is 0 Å². The summed E-state index contributed by atoms with van der Waals surface area (Å²) in [4.78, 5) is -0.0436. The van der Waals surface area contributed by atoms with E-state index in [0.717, 1.165) is 0 Å². The zero-order valence-electron chi connectivity index (χ0n) is 14.1. The molecule has 2 aromatic heterocycles. The highest BCUT2D eigenvalue weighted by molar-refractivity contribution is 7.92. The van der Waals surface area contributed by atoms with E-state index in [9.17, 15) is 8.42 Å². The maximum Gasteiger partial charge on any atom is 0.265 e. The van der Waals surface area contributed by atoms with Gasteiger partial charge >= 0.3 is 0 Å². The number of sulfonamides is 1. The third-order valence-electron chi connectivity index (χ3n) is 3.56. The number of hydrogen-bond acceptors (Lipinski definition) is 7. The fourth-order valence-electron chi connectivity index (χ4n) is 2.34. The van der Waals surface area contributed by atoms with Crippen molar-refractivity contribution >= 4 is 27.3 Å². The minimum atomic E-state index is -3.97. The van der Waals surface area contributed by atoms with Crippen LogP contribution in [0, 0.1) is 6.92 Å². The summed E-state index contributed by atoms with van der Waals surface area (Å²) in [6, 6.07) is 5.82. The number of ether oxygens (including phenoxy) is 2. The molecular weight excluding hydrogens is 384 g/mol. The van der Waals surface area contributed by atoms with Crippen molar-refractivity contribution in [3.8, 4) is 23.0 Å². The van der Waals surface area contributed by atoms with Gasteiger partial charge in [0.1, 0.15) is 22.2 Å². The lowest BCUT2D eigenvalue weighted by atomic mass is 10.3. The number of benzene rings is 1. The summed E-state index contributed by atoms with van der Waals surface area (Å²) in [5.74, 6) is 1.38. The Kier molecular flexibility index (Phi) is 4.84. The van der Waals surface area contributed by atoms with Crippen molar-refractivity contribution in [3.05, 3.63) is 41.2 Å². The Morgan fingerprint density at radius 3 is 2.46 bits per heavy atom. The molecule has 0 bridgehead atoms. The van der Waals surface area contributed by atoms with E-state index in [1.54, 1.807) is 6.07 Å². The molecule has 10 heteroatoms. The first-order valence-electron chi connectivity index (χ1n) is 7.31. The largest absolute Gasteiger partial charge is 0.495 e. The van der Waals surface area contributed by atoms with Gasteiger partial charge in [0.05, 0.1) is 31.1 Å². The van der Waals surface area contributed by atoms with Gasteiger partial charge in [0.2, 0.25) is 5.76 Å². The van der Waals surface area contributed by atoms with Crippen LogP contribution in [-0.4, -0.2) is 27.8 Å². The summed E-state index contributed by atoms with van der Waals surface area (Å²) in [6.45, 7) is 1.53. The molecule has 0 amide bonds. The second-order valence-corrected chi connectivity index (χ2v) is 7.26. The van der Waals surface area contributed by atoms with E-state index >= 15 is 0 Å². The summed E-state index contributed by atoms with van der Waals surface area (Å²) in [5, 5.41) is 3.81. The smallest absolute Gasteiger partial charge is 0.265 e. The molecule has 0 atom stereocenters. The van der Waals surface area contributed by atoms with Crippen LogP contribution in [0.4, 0.5) is 5.69 Å². The van der Waals surface area contributed by atoms with Crippen molar-refractivity contribution < 1.29 is 26.8 Å². The van der Waals surface area contributed by atoms with E-state index < -0.39 is 10.0 Å². The lowest BCUT2D eigenvalue weighted by molar-refractivity contribution is 0.396. The third kappa shape index (κ3) is 3.35. The van der Waals surface area contributed by atoms with Crippen molar-refractivity contribution in [2.45, 2.75) is 11.8 Å². The second-order valence-electron chi connectivity index (χ2n) is 5.20. The van der Waals surface area contributed by atoms with Crippen LogP contribution < -0.4 is 14.2 Å². The standard InChI is InChI=1S/C16H15ClN2O6S/c1-9-16(8-15(24-9)12-4-5-18-25-12)26(20,21)19-11-6-10(17)13(22-2)7-14(11)23-3/h4-8,19H,1-3H3. The molecule has 1 aromatic carbocycles. The van der Waals surface area contributed by atoms with Crippen LogP contribution in [0.5, 0.6) is 11.5 Å². The third-order valence-corrected chi connectivity index (χ3v) is 5.33. The lowest BCUT2D eigenvalue weighted by Gasteiger charge is -2.13. The number of nitrogens with zero attached hydrogens (tertiary/aromatic N) is 1. The molecule has 8 nitrogen and oxygen atoms in total. The van der Waals surface area contributed by atoms with Crippen molar-refractivity contribution in [3.63, 3.8) is 0 Å². The molecule has 0 aliphatic rings. The number of rotatable bonds is 6. The van der Waals surface area contributed by atoms with Crippen molar-refractivity contribution in [2.75, 3.05) is 18.9 Å². The van der Waals surface area contributed by atoms with E-state index in [1.807, 2.05) is 0 Å². The summed E-state index contributed by atoms with van der Waals surface area (Å²) in [5.41, 5.74) is 0.167. The van der Waals surface area contributed by atoms with Gasteiger partial charge in [-0.05, 0) is 13.0 Å². The summed E-state index contributed by atoms with van der Waals surface area (Å²) >= 11 is 6.08. The van der Waals surface area contributed by atoms with E-state index in [2.05, 4.69) is 9.88 Å². The van der Waals surface area contributed by atoms with Gasteiger partial charge in [-0.1, -0.05) is 16.8 Å². The monoisotopic (exact) mass is 398 g/mol. The molecular formula is C16H15ClN2O6S. The van der Waals surface area contributed by atoms with Gasteiger partial charge in [0.25, 0.3) is 10.0 Å². The Balaban J connectivity index is 1.99. The van der Waals surface area contributed by atoms with Gasteiger partial charge in [0, 0.05) is 18.2 Å². The summed E-state index contributed by atoms with van der Waals surface area (Å²) in [6.07, 6.45) is 1.43. The van der Waals surface area contributed by atoms with Crippen molar-refractivity contribution in [1.29, 1.82) is 0 Å². The van der Waals surface area contributed by atoms with Crippen LogP contribution in [0.3, 0.4) is 0 Å². The minimum absolute atomic E-state index is 0.0436. The Bertz CT molecular complexity index is 1030. The first kappa shape index (κ1) is 18.2. The maximum absolute atomic E-state index is 12.8. The lowest BCUT2D eigenvalue weighted by Crippen LogP contribution is -2.14. The highest BCUT2D eigenvalue weighted by Gasteiger charge is 2.25. The molecule has 1 N–H and O–H groups in total. The Hall–Kier alpha value is -2.65. The van der Waals surface area contributed by atoms with Crippen molar-refractivity contribution in [1.82, 2.24) is 5.16 Å². The van der Waals surface area contributed by atoms with Crippen LogP contribution in [0.15, 0.2) is 44.3 Å². The first-order chi connectivity index (χ1) is 12.4. The number of anilines is 1. The fraction of sp³-hybridized carbons (Fsp3) is 0.188. The Morgan fingerprint density at radius 1 is 1.12 bits per heavy atom. The average molecular weight is 399 g/mol. The molecule has 0 fully saturated rings. The molecule has 2 heterocycles. The van der Waals surface area contributed by atoms with E-state index in [1.165, 1.54) is 45.5 Å². The minimum Gasteiger partial charge on any atom is -0.495 e. The topological polar surface area (TPSA) is 104 Å². The quantitative estimate of drug-likeness (QED) is 0.674. The zero-order valence-corrected chi connectivity index (χ0v) is 15.6. The first-order valence-corrected chi connectivity index (χ1v) is 9.17.